The standard InChI is InChI=1S/C38H35N3O4/c1-7-37(3,4)28-21-30(38(5,6)8-2)34-32(22-28)40-36(45-34)27-17-13-25(14-18-27)10-9-24-11-15-26(16-12-24)35-39-31-23-29(41(42)43)19-20-33(31)44-35/h11-23H,7-8H2,1-6H3. The number of hydrogen-bond acceptors (Lipinski definition) is 6. The van der Waals surface area contributed by atoms with Crippen LogP contribution in [0.1, 0.15) is 76.6 Å². The van der Waals surface area contributed by atoms with Crippen LogP contribution in [0.15, 0.2) is 87.7 Å². The number of non-ortho nitro benzene ring substituents is 1. The third kappa shape index (κ3) is 5.84. The summed E-state index contributed by atoms with van der Waals surface area (Å²) in [5.74, 6) is 7.44. The first-order chi connectivity index (χ1) is 21.5. The highest BCUT2D eigenvalue weighted by Crippen LogP contribution is 2.39. The molecule has 0 amide bonds. The van der Waals surface area contributed by atoms with Gasteiger partial charge in [-0.2, -0.15) is 0 Å². The van der Waals surface area contributed by atoms with Crippen molar-refractivity contribution in [1.82, 2.24) is 9.97 Å². The van der Waals surface area contributed by atoms with E-state index in [4.69, 9.17) is 13.8 Å². The SMILES string of the molecule is CCC(C)(C)c1cc(C(C)(C)CC)c2oc(-c3ccc(C#Cc4ccc(-c5nc6cc([N+](=O)[O-])ccc6o5)cc4)cc3)nc2c1. The molecule has 0 bridgehead atoms. The van der Waals surface area contributed by atoms with E-state index >= 15 is 0 Å². The average Bonchev–Trinajstić information content (AvgIpc) is 3.68. The van der Waals surface area contributed by atoms with Gasteiger partial charge >= 0.3 is 0 Å². The molecule has 7 nitrogen and oxygen atoms in total. The molecule has 7 heteroatoms. The Morgan fingerprint density at radius 2 is 1.27 bits per heavy atom. The van der Waals surface area contributed by atoms with E-state index in [0.29, 0.717) is 22.9 Å². The Hall–Kier alpha value is -5.22. The van der Waals surface area contributed by atoms with Gasteiger partial charge in [0.15, 0.2) is 11.2 Å². The van der Waals surface area contributed by atoms with Crippen LogP contribution < -0.4 is 0 Å². The van der Waals surface area contributed by atoms with Crippen LogP contribution in [0.25, 0.3) is 45.1 Å². The van der Waals surface area contributed by atoms with Gasteiger partial charge in [-0.3, -0.25) is 10.1 Å². The van der Waals surface area contributed by atoms with Crippen molar-refractivity contribution in [3.05, 3.63) is 111 Å². The lowest BCUT2D eigenvalue weighted by Gasteiger charge is -2.28. The number of fused-ring (bicyclic) bond motifs is 2. The van der Waals surface area contributed by atoms with Crippen LogP contribution in [-0.2, 0) is 10.8 Å². The van der Waals surface area contributed by atoms with Crippen LogP contribution in [0, 0.1) is 22.0 Å². The second-order valence-corrected chi connectivity index (χ2v) is 12.7. The Morgan fingerprint density at radius 1 is 0.711 bits per heavy atom. The van der Waals surface area contributed by atoms with Gasteiger partial charge in [-0.15, -0.1) is 0 Å². The van der Waals surface area contributed by atoms with Gasteiger partial charge < -0.3 is 8.83 Å². The van der Waals surface area contributed by atoms with Crippen LogP contribution in [0.4, 0.5) is 5.69 Å². The number of benzene rings is 4. The first-order valence-electron chi connectivity index (χ1n) is 15.2. The van der Waals surface area contributed by atoms with Gasteiger partial charge in [0.2, 0.25) is 11.8 Å². The van der Waals surface area contributed by atoms with Gasteiger partial charge in [-0.1, -0.05) is 59.4 Å². The van der Waals surface area contributed by atoms with Gasteiger partial charge in [0.25, 0.3) is 5.69 Å². The number of aromatic nitrogens is 2. The molecule has 226 valence electrons. The lowest BCUT2D eigenvalue weighted by Crippen LogP contribution is -2.20. The summed E-state index contributed by atoms with van der Waals surface area (Å²) >= 11 is 0. The molecule has 0 unspecified atom stereocenters. The summed E-state index contributed by atoms with van der Waals surface area (Å²) in [6.45, 7) is 13.5. The molecule has 2 aromatic heterocycles. The first kappa shape index (κ1) is 29.8. The predicted molar refractivity (Wildman–Crippen MR) is 178 cm³/mol. The number of hydrogen-bond donors (Lipinski definition) is 0. The number of nitro groups is 1. The summed E-state index contributed by atoms with van der Waals surface area (Å²) in [5, 5.41) is 11.1. The van der Waals surface area contributed by atoms with Crippen molar-refractivity contribution in [3.63, 3.8) is 0 Å². The van der Waals surface area contributed by atoms with E-state index in [9.17, 15) is 10.1 Å². The molecule has 6 rings (SSSR count). The van der Waals surface area contributed by atoms with Gasteiger partial charge in [0, 0.05) is 39.9 Å². The highest BCUT2D eigenvalue weighted by Gasteiger charge is 2.28. The normalized spacial score (nSPS) is 12.0. The van der Waals surface area contributed by atoms with E-state index in [1.54, 1.807) is 6.07 Å². The smallest absolute Gasteiger partial charge is 0.271 e. The maximum Gasteiger partial charge on any atom is 0.271 e. The van der Waals surface area contributed by atoms with Crippen molar-refractivity contribution in [2.45, 2.75) is 65.2 Å². The lowest BCUT2D eigenvalue weighted by atomic mass is 9.76. The van der Waals surface area contributed by atoms with Gasteiger partial charge in [-0.25, -0.2) is 9.97 Å². The Bertz CT molecular complexity index is 2100. The number of nitrogens with zero attached hydrogens (tertiary/aromatic N) is 3. The van der Waals surface area contributed by atoms with Crippen molar-refractivity contribution in [3.8, 4) is 34.7 Å². The fraction of sp³-hybridized carbons (Fsp3) is 0.263. The minimum Gasteiger partial charge on any atom is -0.436 e. The third-order valence-electron chi connectivity index (χ3n) is 8.97. The second kappa shape index (κ2) is 11.4. The largest absolute Gasteiger partial charge is 0.436 e. The maximum absolute atomic E-state index is 11.1. The molecule has 4 aromatic carbocycles. The average molecular weight is 598 g/mol. The second-order valence-electron chi connectivity index (χ2n) is 12.7. The highest BCUT2D eigenvalue weighted by atomic mass is 16.6. The zero-order valence-electron chi connectivity index (χ0n) is 26.4. The molecule has 0 aliphatic heterocycles. The number of nitro benzene ring substituents is 1. The molecule has 6 aromatic rings. The Kier molecular flexibility index (Phi) is 7.54. The molecule has 0 spiro atoms. The van der Waals surface area contributed by atoms with E-state index in [1.807, 2.05) is 48.5 Å². The van der Waals surface area contributed by atoms with Crippen LogP contribution in [0.3, 0.4) is 0 Å². The van der Waals surface area contributed by atoms with Gasteiger partial charge in [0.1, 0.15) is 11.0 Å². The molecule has 0 aliphatic rings. The quantitative estimate of drug-likeness (QED) is 0.103. The van der Waals surface area contributed by atoms with E-state index < -0.39 is 4.92 Å². The summed E-state index contributed by atoms with van der Waals surface area (Å²) in [4.78, 5) is 20.0. The first-order valence-corrected chi connectivity index (χ1v) is 15.2. The molecular weight excluding hydrogens is 562 g/mol. The molecule has 0 saturated heterocycles. The molecule has 0 atom stereocenters. The molecule has 0 N–H and O–H groups in total. The van der Waals surface area contributed by atoms with Crippen LogP contribution in [0.5, 0.6) is 0 Å². The minimum atomic E-state index is -0.447. The summed E-state index contributed by atoms with van der Waals surface area (Å²) in [5.41, 5.74) is 8.54. The molecule has 0 saturated carbocycles. The van der Waals surface area contributed by atoms with E-state index in [2.05, 4.69) is 70.5 Å². The van der Waals surface area contributed by atoms with Crippen LogP contribution in [0.2, 0.25) is 0 Å². The Labute approximate surface area is 262 Å². The Balaban J connectivity index is 1.23. The fourth-order valence-corrected chi connectivity index (χ4v) is 5.13. The number of oxazole rings is 2. The maximum atomic E-state index is 11.1. The molecule has 0 radical (unpaired) electrons. The van der Waals surface area contributed by atoms with Gasteiger partial charge in [-0.05, 0) is 89.9 Å². The van der Waals surface area contributed by atoms with E-state index in [1.165, 1.54) is 23.3 Å². The topological polar surface area (TPSA) is 95.2 Å². The van der Waals surface area contributed by atoms with Crippen molar-refractivity contribution >= 4 is 27.9 Å². The fourth-order valence-electron chi connectivity index (χ4n) is 5.13. The minimum absolute atomic E-state index is 0.0230. The van der Waals surface area contributed by atoms with Crippen LogP contribution >= 0.6 is 0 Å². The van der Waals surface area contributed by atoms with E-state index in [0.717, 1.165) is 46.2 Å². The monoisotopic (exact) mass is 597 g/mol. The predicted octanol–water partition coefficient (Wildman–Crippen LogP) is 9.99. The molecule has 0 fully saturated rings. The van der Waals surface area contributed by atoms with Gasteiger partial charge in [0.05, 0.1) is 4.92 Å². The van der Waals surface area contributed by atoms with Crippen LogP contribution in [-0.4, -0.2) is 14.9 Å². The Morgan fingerprint density at radius 3 is 1.82 bits per heavy atom. The van der Waals surface area contributed by atoms with Crippen molar-refractivity contribution < 1.29 is 13.8 Å². The third-order valence-corrected chi connectivity index (χ3v) is 8.97. The summed E-state index contributed by atoms with van der Waals surface area (Å²) < 4.78 is 12.2. The lowest BCUT2D eigenvalue weighted by molar-refractivity contribution is -0.384. The zero-order valence-corrected chi connectivity index (χ0v) is 26.4. The van der Waals surface area contributed by atoms with Crippen molar-refractivity contribution in [1.29, 1.82) is 0 Å². The summed E-state index contributed by atoms with van der Waals surface area (Å²) in [7, 11) is 0. The molecule has 0 aliphatic carbocycles. The zero-order chi connectivity index (χ0) is 31.9. The number of rotatable bonds is 7. The van der Waals surface area contributed by atoms with Crippen molar-refractivity contribution in [2.24, 2.45) is 0 Å². The summed E-state index contributed by atoms with van der Waals surface area (Å²) in [6, 6.07) is 24.4. The molecule has 45 heavy (non-hydrogen) atoms. The molecular formula is C38H35N3O4. The molecule has 2 heterocycles. The van der Waals surface area contributed by atoms with E-state index in [-0.39, 0.29) is 16.5 Å². The summed E-state index contributed by atoms with van der Waals surface area (Å²) in [6.07, 6.45) is 2.03. The highest BCUT2D eigenvalue weighted by molar-refractivity contribution is 5.82. The van der Waals surface area contributed by atoms with Crippen molar-refractivity contribution in [2.75, 3.05) is 0 Å².